The SMILES string of the molecule is C[C@H]([O-])C(=O)[O-].NC[C@@H]1CC[C@H]1CN.O.O.O.[Pt+2]. The summed E-state index contributed by atoms with van der Waals surface area (Å²) in [7, 11) is 0. The third kappa shape index (κ3) is 12.4. The maximum absolute atomic E-state index is 9.56. The van der Waals surface area contributed by atoms with Crippen molar-refractivity contribution in [2.45, 2.75) is 25.9 Å². The van der Waals surface area contributed by atoms with Gasteiger partial charge in [-0.1, -0.05) is 13.0 Å². The van der Waals surface area contributed by atoms with Crippen LogP contribution in [0.4, 0.5) is 0 Å². The Bertz CT molecular complexity index is 170. The number of hydrogen-bond donors (Lipinski definition) is 2. The first-order valence-corrected chi connectivity index (χ1v) is 4.79. The van der Waals surface area contributed by atoms with Gasteiger partial charge in [-0.05, 0) is 37.8 Å². The molecule has 1 fully saturated rings. The first-order chi connectivity index (χ1) is 6.52. The zero-order valence-corrected chi connectivity index (χ0v) is 12.5. The van der Waals surface area contributed by atoms with Crippen LogP contribution < -0.4 is 21.7 Å². The smallest absolute Gasteiger partial charge is 0.848 e. The summed E-state index contributed by atoms with van der Waals surface area (Å²) in [6.45, 7) is 2.69. The van der Waals surface area contributed by atoms with Gasteiger partial charge in [0.2, 0.25) is 0 Å². The van der Waals surface area contributed by atoms with Crippen LogP contribution in [0, 0.1) is 11.8 Å². The summed E-state index contributed by atoms with van der Waals surface area (Å²) in [5.41, 5.74) is 10.9. The minimum Gasteiger partial charge on any atom is -0.848 e. The average Bonchev–Trinajstić information content (AvgIpc) is 2.05. The molecule has 1 aliphatic rings. The van der Waals surface area contributed by atoms with E-state index in [0.717, 1.165) is 31.8 Å². The molecular weight excluding hydrogens is 427 g/mol. The summed E-state index contributed by atoms with van der Waals surface area (Å²) in [5, 5.41) is 18.8. The van der Waals surface area contributed by atoms with Gasteiger partial charge in [0.15, 0.2) is 0 Å². The van der Waals surface area contributed by atoms with Gasteiger partial charge in [-0.3, -0.25) is 0 Å². The van der Waals surface area contributed by atoms with Crippen molar-refractivity contribution >= 4 is 5.97 Å². The quantitative estimate of drug-likeness (QED) is 0.430. The molecule has 1 rings (SSSR count). The van der Waals surface area contributed by atoms with Gasteiger partial charge in [0, 0.05) is 5.97 Å². The number of aliphatic carboxylic acids is 1. The van der Waals surface area contributed by atoms with Crippen LogP contribution in [0.25, 0.3) is 0 Å². The molecule has 10 N–H and O–H groups in total. The summed E-state index contributed by atoms with van der Waals surface area (Å²) >= 11 is 0. The maximum Gasteiger partial charge on any atom is 2.00 e. The minimum absolute atomic E-state index is 0. The molecule has 0 heterocycles. The number of nitrogens with two attached hydrogens (primary N) is 2. The Labute approximate surface area is 121 Å². The van der Waals surface area contributed by atoms with Gasteiger partial charge in [-0.25, -0.2) is 0 Å². The number of rotatable bonds is 3. The zero-order valence-electron chi connectivity index (χ0n) is 10.3. The van der Waals surface area contributed by atoms with Gasteiger partial charge in [0.1, 0.15) is 0 Å². The van der Waals surface area contributed by atoms with Crippen molar-refractivity contribution < 1.29 is 52.5 Å². The predicted octanol–water partition coefficient (Wildman–Crippen LogP) is -5.06. The number of carbonyl (C=O) groups is 1. The van der Waals surface area contributed by atoms with Crippen LogP contribution in [0.1, 0.15) is 19.8 Å². The van der Waals surface area contributed by atoms with E-state index >= 15 is 0 Å². The molecule has 9 heteroatoms. The summed E-state index contributed by atoms with van der Waals surface area (Å²) in [4.78, 5) is 9.28. The second kappa shape index (κ2) is 16.9. The van der Waals surface area contributed by atoms with E-state index in [-0.39, 0.29) is 37.5 Å². The zero-order chi connectivity index (χ0) is 11.1. The summed E-state index contributed by atoms with van der Waals surface area (Å²) in [5.74, 6) is -0.0463. The standard InChI is InChI=1S/C6H14N2.C3H5O3.3H2O.Pt/c7-3-5-1-2-6(5)4-8;1-2(4)3(5)6;;;;/h5-6H,1-4,7-8H2;2H,1H3,(H,5,6);3*1H2;/q;-1;;;;+2/p-1/t5-,6-;2-;;;;/m00..../s1. The molecule has 116 valence electrons. The van der Waals surface area contributed by atoms with Crippen LogP contribution in [0.15, 0.2) is 0 Å². The summed E-state index contributed by atoms with van der Waals surface area (Å²) in [6.07, 6.45) is 1.02. The van der Waals surface area contributed by atoms with Crippen molar-refractivity contribution in [3.63, 3.8) is 0 Å². The van der Waals surface area contributed by atoms with Crippen molar-refractivity contribution in [1.29, 1.82) is 0 Å². The molecule has 0 unspecified atom stereocenters. The molecule has 1 aliphatic carbocycles. The fourth-order valence-electron chi connectivity index (χ4n) is 1.26. The van der Waals surface area contributed by atoms with Crippen LogP contribution in [-0.2, 0) is 25.9 Å². The van der Waals surface area contributed by atoms with E-state index in [0.29, 0.717) is 0 Å². The molecular formula is C9H24N2O6Pt. The number of carbonyl (C=O) groups excluding carboxylic acids is 1. The molecule has 0 aromatic heterocycles. The average molecular weight is 451 g/mol. The Kier molecular flexibility index (Phi) is 28.9. The molecule has 0 aliphatic heterocycles. The van der Waals surface area contributed by atoms with Crippen LogP contribution >= 0.6 is 0 Å². The van der Waals surface area contributed by atoms with Crippen molar-refractivity contribution in [2.24, 2.45) is 23.3 Å². The van der Waals surface area contributed by atoms with Gasteiger partial charge in [-0.15, -0.1) is 0 Å². The van der Waals surface area contributed by atoms with E-state index in [4.69, 9.17) is 11.5 Å². The van der Waals surface area contributed by atoms with Crippen LogP contribution in [0.5, 0.6) is 0 Å². The minimum atomic E-state index is -1.59. The first-order valence-electron chi connectivity index (χ1n) is 4.79. The molecule has 0 spiro atoms. The Morgan fingerprint density at radius 3 is 1.44 bits per heavy atom. The van der Waals surface area contributed by atoms with Crippen molar-refractivity contribution in [3.8, 4) is 0 Å². The molecule has 0 amide bonds. The molecule has 1 saturated carbocycles. The fourth-order valence-corrected chi connectivity index (χ4v) is 1.26. The molecule has 3 atom stereocenters. The molecule has 0 aromatic carbocycles. The molecule has 0 bridgehead atoms. The van der Waals surface area contributed by atoms with E-state index in [9.17, 15) is 15.0 Å². The van der Waals surface area contributed by atoms with E-state index in [1.54, 1.807) is 0 Å². The predicted molar refractivity (Wildman–Crippen MR) is 59.6 cm³/mol. The molecule has 18 heavy (non-hydrogen) atoms. The number of hydrogen-bond acceptors (Lipinski definition) is 5. The van der Waals surface area contributed by atoms with Crippen molar-refractivity contribution in [1.82, 2.24) is 0 Å². The van der Waals surface area contributed by atoms with Crippen molar-refractivity contribution in [3.05, 3.63) is 0 Å². The van der Waals surface area contributed by atoms with Crippen LogP contribution in [-0.4, -0.2) is 41.6 Å². The van der Waals surface area contributed by atoms with Gasteiger partial charge < -0.3 is 42.9 Å². The number of carboxylic acid groups (broad SMARTS) is 1. The second-order valence-corrected chi connectivity index (χ2v) is 3.53. The first kappa shape index (κ1) is 30.7. The molecule has 0 saturated heterocycles. The molecule has 0 radical (unpaired) electrons. The van der Waals surface area contributed by atoms with E-state index in [1.165, 1.54) is 12.8 Å². The Hall–Kier alpha value is -0.0817. The summed E-state index contributed by atoms with van der Waals surface area (Å²) in [6, 6.07) is 0. The largest absolute Gasteiger partial charge is 2.00 e. The van der Waals surface area contributed by atoms with Gasteiger partial charge in [0.25, 0.3) is 0 Å². The van der Waals surface area contributed by atoms with E-state index in [1.807, 2.05) is 0 Å². The summed E-state index contributed by atoms with van der Waals surface area (Å²) < 4.78 is 0. The maximum atomic E-state index is 9.56. The Balaban J connectivity index is -0.0000000527. The third-order valence-electron chi connectivity index (χ3n) is 2.51. The molecule has 0 aromatic rings. The van der Waals surface area contributed by atoms with Gasteiger partial charge in [0.05, 0.1) is 0 Å². The monoisotopic (exact) mass is 451 g/mol. The molecule has 8 nitrogen and oxygen atoms in total. The van der Waals surface area contributed by atoms with Gasteiger partial charge >= 0.3 is 21.1 Å². The Morgan fingerprint density at radius 1 is 1.17 bits per heavy atom. The van der Waals surface area contributed by atoms with Crippen LogP contribution in [0.2, 0.25) is 0 Å². The topological polar surface area (TPSA) is 210 Å². The van der Waals surface area contributed by atoms with E-state index in [2.05, 4.69) is 0 Å². The second-order valence-electron chi connectivity index (χ2n) is 3.53. The van der Waals surface area contributed by atoms with Gasteiger partial charge in [-0.2, -0.15) is 0 Å². The van der Waals surface area contributed by atoms with Crippen molar-refractivity contribution in [2.75, 3.05) is 13.1 Å². The fraction of sp³-hybridized carbons (Fsp3) is 0.889. The number of carboxylic acids is 1. The van der Waals surface area contributed by atoms with E-state index < -0.39 is 12.1 Å². The Morgan fingerprint density at radius 2 is 1.39 bits per heavy atom. The normalized spacial score (nSPS) is 20.9. The van der Waals surface area contributed by atoms with Crippen LogP contribution in [0.3, 0.4) is 0 Å². The third-order valence-corrected chi connectivity index (χ3v) is 2.51.